The summed E-state index contributed by atoms with van der Waals surface area (Å²) in [6.45, 7) is 1.88. The van der Waals surface area contributed by atoms with E-state index in [1.807, 2.05) is 0 Å². The van der Waals surface area contributed by atoms with Crippen LogP contribution in [0.5, 0.6) is 5.75 Å². The van der Waals surface area contributed by atoms with Crippen molar-refractivity contribution in [3.05, 3.63) is 45.2 Å². The molecule has 2 heterocycles. The molecule has 1 aliphatic rings. The van der Waals surface area contributed by atoms with E-state index in [-0.39, 0.29) is 5.82 Å². The number of methoxy groups -OCH3 is 1. The Morgan fingerprint density at radius 3 is 3.16 bits per heavy atom. The van der Waals surface area contributed by atoms with Crippen molar-refractivity contribution < 1.29 is 9.13 Å². The lowest BCUT2D eigenvalue weighted by Gasteiger charge is -2.09. The molecule has 1 aliphatic heterocycles. The molecule has 1 N–H and O–H groups in total. The van der Waals surface area contributed by atoms with Gasteiger partial charge in [-0.05, 0) is 18.2 Å². The van der Waals surface area contributed by atoms with Crippen molar-refractivity contribution >= 4 is 11.3 Å². The summed E-state index contributed by atoms with van der Waals surface area (Å²) in [5, 5.41) is 4.36. The van der Waals surface area contributed by atoms with Crippen LogP contribution in [0.2, 0.25) is 0 Å². The molecule has 0 saturated carbocycles. The number of hydrogen-bond donors (Lipinski definition) is 1. The quantitative estimate of drug-likeness (QED) is 0.937. The van der Waals surface area contributed by atoms with Crippen molar-refractivity contribution in [2.45, 2.75) is 19.4 Å². The number of rotatable bonds is 3. The van der Waals surface area contributed by atoms with Crippen molar-refractivity contribution in [3.8, 4) is 5.75 Å². The van der Waals surface area contributed by atoms with Gasteiger partial charge in [0.1, 0.15) is 11.6 Å². The average Bonchev–Trinajstić information content (AvgIpc) is 2.81. The summed E-state index contributed by atoms with van der Waals surface area (Å²) in [6.07, 6.45) is 1.60. The SMILES string of the molecule is COc1ccc(F)cc1Cc1nc2c(s1)CNCC2. The standard InChI is InChI=1S/C14H15FN2OS/c1-18-12-3-2-10(15)6-9(12)7-14-17-11-4-5-16-8-13(11)19-14/h2-3,6,16H,4-5,7-8H2,1H3. The van der Waals surface area contributed by atoms with Gasteiger partial charge in [-0.2, -0.15) is 0 Å². The van der Waals surface area contributed by atoms with E-state index in [2.05, 4.69) is 10.3 Å². The molecule has 1 aromatic heterocycles. The van der Waals surface area contributed by atoms with Gasteiger partial charge in [0.15, 0.2) is 0 Å². The second-order valence-electron chi connectivity index (χ2n) is 4.54. The summed E-state index contributed by atoms with van der Waals surface area (Å²) in [5.74, 6) is 0.478. The molecule has 3 rings (SSSR count). The fraction of sp³-hybridized carbons (Fsp3) is 0.357. The highest BCUT2D eigenvalue weighted by molar-refractivity contribution is 7.11. The molecule has 0 fully saturated rings. The molecule has 0 aliphatic carbocycles. The number of nitrogens with zero attached hydrogens (tertiary/aromatic N) is 1. The normalized spacial score (nSPS) is 14.2. The zero-order valence-corrected chi connectivity index (χ0v) is 11.5. The van der Waals surface area contributed by atoms with Gasteiger partial charge in [0.05, 0.1) is 17.8 Å². The Hall–Kier alpha value is -1.46. The summed E-state index contributed by atoms with van der Waals surface area (Å²) in [5.41, 5.74) is 2.04. The van der Waals surface area contributed by atoms with Gasteiger partial charge < -0.3 is 10.1 Å². The molecule has 3 nitrogen and oxygen atoms in total. The highest BCUT2D eigenvalue weighted by Crippen LogP contribution is 2.27. The Morgan fingerprint density at radius 2 is 2.37 bits per heavy atom. The van der Waals surface area contributed by atoms with Crippen molar-refractivity contribution in [3.63, 3.8) is 0 Å². The van der Waals surface area contributed by atoms with Crippen LogP contribution < -0.4 is 10.1 Å². The fourth-order valence-electron chi connectivity index (χ4n) is 2.30. The first-order valence-corrected chi connectivity index (χ1v) is 7.08. The first-order chi connectivity index (χ1) is 9.26. The van der Waals surface area contributed by atoms with E-state index in [0.717, 1.165) is 30.1 Å². The molecule has 0 amide bonds. The Morgan fingerprint density at radius 1 is 1.47 bits per heavy atom. The van der Waals surface area contributed by atoms with Gasteiger partial charge >= 0.3 is 0 Å². The highest BCUT2D eigenvalue weighted by atomic mass is 32.1. The van der Waals surface area contributed by atoms with Crippen molar-refractivity contribution in [1.29, 1.82) is 0 Å². The molecule has 5 heteroatoms. The number of aromatic nitrogens is 1. The Kier molecular flexibility index (Phi) is 3.48. The summed E-state index contributed by atoms with van der Waals surface area (Å²) >= 11 is 1.70. The van der Waals surface area contributed by atoms with Gasteiger partial charge in [0.25, 0.3) is 0 Å². The molecule has 0 spiro atoms. The molecule has 0 radical (unpaired) electrons. The van der Waals surface area contributed by atoms with E-state index in [1.165, 1.54) is 22.7 Å². The van der Waals surface area contributed by atoms with Crippen molar-refractivity contribution in [2.75, 3.05) is 13.7 Å². The molecule has 100 valence electrons. The van der Waals surface area contributed by atoms with Crippen LogP contribution in [0.1, 0.15) is 21.1 Å². The summed E-state index contributed by atoms with van der Waals surface area (Å²) in [7, 11) is 1.60. The van der Waals surface area contributed by atoms with E-state index < -0.39 is 0 Å². The molecule has 0 saturated heterocycles. The van der Waals surface area contributed by atoms with E-state index in [4.69, 9.17) is 4.74 Å². The zero-order chi connectivity index (χ0) is 13.2. The predicted molar refractivity (Wildman–Crippen MR) is 73.3 cm³/mol. The van der Waals surface area contributed by atoms with Crippen LogP contribution in [0.15, 0.2) is 18.2 Å². The summed E-state index contributed by atoms with van der Waals surface area (Å²) in [4.78, 5) is 5.95. The third-order valence-electron chi connectivity index (χ3n) is 3.23. The third-order valence-corrected chi connectivity index (χ3v) is 4.33. The fourth-order valence-corrected chi connectivity index (χ4v) is 3.41. The molecule has 0 atom stereocenters. The van der Waals surface area contributed by atoms with Gasteiger partial charge in [-0.15, -0.1) is 11.3 Å². The second-order valence-corrected chi connectivity index (χ2v) is 5.71. The van der Waals surface area contributed by atoms with Gasteiger partial charge in [0, 0.05) is 36.4 Å². The Labute approximate surface area is 115 Å². The number of thiazole rings is 1. The summed E-state index contributed by atoms with van der Waals surface area (Å²) < 4.78 is 18.6. The number of ether oxygens (including phenoxy) is 1. The van der Waals surface area contributed by atoms with Crippen molar-refractivity contribution in [2.24, 2.45) is 0 Å². The number of nitrogens with one attached hydrogen (secondary N) is 1. The zero-order valence-electron chi connectivity index (χ0n) is 10.7. The topological polar surface area (TPSA) is 34.1 Å². The third kappa shape index (κ3) is 2.62. The van der Waals surface area contributed by atoms with Crippen LogP contribution in [-0.2, 0) is 19.4 Å². The predicted octanol–water partition coefficient (Wildman–Crippen LogP) is 2.53. The number of benzene rings is 1. The lowest BCUT2D eigenvalue weighted by Crippen LogP contribution is -2.22. The van der Waals surface area contributed by atoms with Crippen molar-refractivity contribution in [1.82, 2.24) is 10.3 Å². The molecular weight excluding hydrogens is 263 g/mol. The van der Waals surface area contributed by atoms with E-state index in [0.29, 0.717) is 12.2 Å². The van der Waals surface area contributed by atoms with Crippen LogP contribution in [0, 0.1) is 5.82 Å². The maximum atomic E-state index is 13.3. The molecule has 0 bridgehead atoms. The minimum atomic E-state index is -0.237. The number of halogens is 1. The van der Waals surface area contributed by atoms with Crippen LogP contribution >= 0.6 is 11.3 Å². The van der Waals surface area contributed by atoms with E-state index in [1.54, 1.807) is 24.5 Å². The monoisotopic (exact) mass is 278 g/mol. The maximum absolute atomic E-state index is 13.3. The van der Waals surface area contributed by atoms with Gasteiger partial charge in [-0.3, -0.25) is 0 Å². The minimum absolute atomic E-state index is 0.237. The Bertz CT molecular complexity index is 574. The molecule has 1 aromatic carbocycles. The van der Waals surface area contributed by atoms with Gasteiger partial charge in [-0.25, -0.2) is 9.37 Å². The molecule has 2 aromatic rings. The number of hydrogen-bond acceptors (Lipinski definition) is 4. The molecule has 0 unspecified atom stereocenters. The van der Waals surface area contributed by atoms with E-state index in [9.17, 15) is 4.39 Å². The van der Waals surface area contributed by atoms with Gasteiger partial charge in [0.2, 0.25) is 0 Å². The average molecular weight is 278 g/mol. The smallest absolute Gasteiger partial charge is 0.123 e. The first-order valence-electron chi connectivity index (χ1n) is 6.27. The lowest BCUT2D eigenvalue weighted by atomic mass is 10.1. The molecular formula is C14H15FN2OS. The minimum Gasteiger partial charge on any atom is -0.496 e. The van der Waals surface area contributed by atoms with E-state index >= 15 is 0 Å². The highest BCUT2D eigenvalue weighted by Gasteiger charge is 2.16. The molecule has 19 heavy (non-hydrogen) atoms. The maximum Gasteiger partial charge on any atom is 0.123 e. The van der Waals surface area contributed by atoms with Crippen LogP contribution in [-0.4, -0.2) is 18.6 Å². The second kappa shape index (κ2) is 5.27. The largest absolute Gasteiger partial charge is 0.496 e. The number of fused-ring (bicyclic) bond motifs is 1. The van der Waals surface area contributed by atoms with Crippen LogP contribution in [0.3, 0.4) is 0 Å². The Balaban J connectivity index is 1.88. The first kappa shape index (κ1) is 12.6. The van der Waals surface area contributed by atoms with Crippen LogP contribution in [0.4, 0.5) is 4.39 Å². The van der Waals surface area contributed by atoms with Gasteiger partial charge in [-0.1, -0.05) is 0 Å². The summed E-state index contributed by atoms with van der Waals surface area (Å²) in [6, 6.07) is 4.61. The van der Waals surface area contributed by atoms with Crippen LogP contribution in [0.25, 0.3) is 0 Å². The lowest BCUT2D eigenvalue weighted by molar-refractivity contribution is 0.409.